The van der Waals surface area contributed by atoms with Crippen molar-refractivity contribution in [3.8, 4) is 0 Å². The lowest BCUT2D eigenvalue weighted by Crippen LogP contribution is -2.30. The van der Waals surface area contributed by atoms with E-state index in [0.717, 1.165) is 77.0 Å². The molecule has 0 aromatic rings. The third kappa shape index (κ3) is 49.5. The molecule has 0 aliphatic rings. The smallest absolute Gasteiger partial charge is 0.306 e. The first-order valence-corrected chi connectivity index (χ1v) is 26.2. The number of unbranched alkanes of at least 4 members (excludes halogenated alkanes) is 25. The van der Waals surface area contributed by atoms with Gasteiger partial charge in [-0.15, -0.1) is 0 Å². The maximum atomic E-state index is 12.8. The highest BCUT2D eigenvalue weighted by atomic mass is 16.6. The number of rotatable bonds is 46. The van der Waals surface area contributed by atoms with Crippen LogP contribution in [0.5, 0.6) is 0 Å². The zero-order valence-corrected chi connectivity index (χ0v) is 41.1. The van der Waals surface area contributed by atoms with Crippen LogP contribution in [0.2, 0.25) is 0 Å². The molecule has 0 N–H and O–H groups in total. The normalized spacial score (nSPS) is 12.7. The summed E-state index contributed by atoms with van der Waals surface area (Å²) in [5, 5.41) is 0. The molecule has 1 atom stereocenters. The molecule has 6 heteroatoms. The van der Waals surface area contributed by atoms with Gasteiger partial charge in [0.05, 0.1) is 0 Å². The Hall–Kier alpha value is -3.41. The highest BCUT2D eigenvalue weighted by molar-refractivity contribution is 5.71. The van der Waals surface area contributed by atoms with Crippen LogP contribution in [-0.4, -0.2) is 37.2 Å². The SMILES string of the molecule is CC/C=C/C=C/C=C/C=C/CCCCCC(=O)OC(COC(=O)CCCCC/C=C/CCCCCCCC)COC(=O)CCCCCCCCCCCC/C=C/C=C/CCCCC. The Morgan fingerprint density at radius 2 is 0.635 bits per heavy atom. The average molecular weight is 877 g/mol. The van der Waals surface area contributed by atoms with Gasteiger partial charge in [0.15, 0.2) is 6.10 Å². The van der Waals surface area contributed by atoms with Crippen LogP contribution in [-0.2, 0) is 28.6 Å². The summed E-state index contributed by atoms with van der Waals surface area (Å²) in [5.74, 6) is -0.959. The van der Waals surface area contributed by atoms with Gasteiger partial charge in [-0.25, -0.2) is 0 Å². The highest BCUT2D eigenvalue weighted by Crippen LogP contribution is 2.14. The molecule has 0 aliphatic heterocycles. The number of esters is 3. The minimum absolute atomic E-state index is 0.0994. The number of allylic oxidation sites excluding steroid dienone is 14. The lowest BCUT2D eigenvalue weighted by Gasteiger charge is -2.18. The molecule has 0 rings (SSSR count). The minimum Gasteiger partial charge on any atom is -0.462 e. The molecule has 0 heterocycles. The van der Waals surface area contributed by atoms with Crippen molar-refractivity contribution >= 4 is 17.9 Å². The first-order valence-electron chi connectivity index (χ1n) is 26.2. The molecular formula is C57H96O6. The number of ether oxygens (including phenoxy) is 3. The van der Waals surface area contributed by atoms with Crippen molar-refractivity contribution in [3.63, 3.8) is 0 Å². The topological polar surface area (TPSA) is 78.9 Å². The van der Waals surface area contributed by atoms with Gasteiger partial charge in [0.1, 0.15) is 13.2 Å². The first-order chi connectivity index (χ1) is 31.0. The van der Waals surface area contributed by atoms with E-state index in [2.05, 4.69) is 69.4 Å². The van der Waals surface area contributed by atoms with E-state index in [1.807, 2.05) is 36.5 Å². The molecule has 0 aromatic heterocycles. The molecule has 0 aromatic carbocycles. The highest BCUT2D eigenvalue weighted by Gasteiger charge is 2.19. The predicted octanol–water partition coefficient (Wildman–Crippen LogP) is 17.2. The zero-order chi connectivity index (χ0) is 45.8. The van der Waals surface area contributed by atoms with E-state index in [0.29, 0.717) is 19.3 Å². The van der Waals surface area contributed by atoms with Gasteiger partial charge in [0, 0.05) is 19.3 Å². The van der Waals surface area contributed by atoms with Crippen molar-refractivity contribution in [2.24, 2.45) is 0 Å². The van der Waals surface area contributed by atoms with Crippen LogP contribution in [0.25, 0.3) is 0 Å². The molecule has 0 bridgehead atoms. The van der Waals surface area contributed by atoms with Gasteiger partial charge >= 0.3 is 17.9 Å². The Morgan fingerprint density at radius 1 is 0.333 bits per heavy atom. The van der Waals surface area contributed by atoms with Gasteiger partial charge in [0.2, 0.25) is 0 Å². The second-order valence-corrected chi connectivity index (χ2v) is 17.2. The molecule has 63 heavy (non-hydrogen) atoms. The number of carbonyl (C=O) groups is 3. The number of hydrogen-bond donors (Lipinski definition) is 0. The second-order valence-electron chi connectivity index (χ2n) is 17.2. The van der Waals surface area contributed by atoms with Crippen molar-refractivity contribution in [1.29, 1.82) is 0 Å². The third-order valence-corrected chi connectivity index (χ3v) is 11.0. The van der Waals surface area contributed by atoms with E-state index in [1.54, 1.807) is 0 Å². The van der Waals surface area contributed by atoms with Gasteiger partial charge in [-0.05, 0) is 89.9 Å². The molecule has 0 spiro atoms. The van der Waals surface area contributed by atoms with E-state index in [9.17, 15) is 14.4 Å². The maximum absolute atomic E-state index is 12.8. The van der Waals surface area contributed by atoms with E-state index in [-0.39, 0.29) is 37.5 Å². The van der Waals surface area contributed by atoms with Gasteiger partial charge < -0.3 is 14.2 Å². The zero-order valence-electron chi connectivity index (χ0n) is 41.1. The van der Waals surface area contributed by atoms with Crippen LogP contribution in [0.1, 0.15) is 239 Å². The van der Waals surface area contributed by atoms with Crippen LogP contribution >= 0.6 is 0 Å². The van der Waals surface area contributed by atoms with Crippen molar-refractivity contribution in [3.05, 3.63) is 85.1 Å². The monoisotopic (exact) mass is 877 g/mol. The third-order valence-electron chi connectivity index (χ3n) is 11.0. The fourth-order valence-electron chi connectivity index (χ4n) is 7.03. The second kappa shape index (κ2) is 51.2. The van der Waals surface area contributed by atoms with Crippen LogP contribution < -0.4 is 0 Å². The molecule has 0 aliphatic carbocycles. The molecular weight excluding hydrogens is 781 g/mol. The fourth-order valence-corrected chi connectivity index (χ4v) is 7.03. The summed E-state index contributed by atoms with van der Waals surface area (Å²) in [5.41, 5.74) is 0. The van der Waals surface area contributed by atoms with Crippen molar-refractivity contribution < 1.29 is 28.6 Å². The van der Waals surface area contributed by atoms with Crippen molar-refractivity contribution in [1.82, 2.24) is 0 Å². The Labute approximate surface area is 388 Å². The average Bonchev–Trinajstić information content (AvgIpc) is 3.28. The molecule has 0 amide bonds. The maximum Gasteiger partial charge on any atom is 0.306 e. The summed E-state index contributed by atoms with van der Waals surface area (Å²) >= 11 is 0. The summed E-state index contributed by atoms with van der Waals surface area (Å²) < 4.78 is 16.7. The number of carbonyl (C=O) groups excluding carboxylic acids is 3. The summed E-state index contributed by atoms with van der Waals surface area (Å²) in [6.07, 6.45) is 65.7. The van der Waals surface area contributed by atoms with Crippen molar-refractivity contribution in [2.75, 3.05) is 13.2 Å². The van der Waals surface area contributed by atoms with Gasteiger partial charge in [-0.1, -0.05) is 215 Å². The van der Waals surface area contributed by atoms with Gasteiger partial charge in [-0.2, -0.15) is 0 Å². The molecule has 0 saturated heterocycles. The Balaban J connectivity index is 4.42. The lowest BCUT2D eigenvalue weighted by molar-refractivity contribution is -0.167. The number of hydrogen-bond acceptors (Lipinski definition) is 6. The van der Waals surface area contributed by atoms with E-state index in [1.165, 1.54) is 116 Å². The molecule has 0 saturated carbocycles. The molecule has 360 valence electrons. The van der Waals surface area contributed by atoms with Crippen LogP contribution in [0.3, 0.4) is 0 Å². The fraction of sp³-hybridized carbons (Fsp3) is 0.702. The van der Waals surface area contributed by atoms with Gasteiger partial charge in [-0.3, -0.25) is 14.4 Å². The first kappa shape index (κ1) is 59.6. The van der Waals surface area contributed by atoms with Crippen LogP contribution in [0.4, 0.5) is 0 Å². The quantitative estimate of drug-likeness (QED) is 0.0199. The van der Waals surface area contributed by atoms with Crippen LogP contribution in [0, 0.1) is 0 Å². The molecule has 0 fully saturated rings. The summed E-state index contributed by atoms with van der Waals surface area (Å²) in [6, 6.07) is 0. The molecule has 1 unspecified atom stereocenters. The molecule has 6 nitrogen and oxygen atoms in total. The van der Waals surface area contributed by atoms with Crippen molar-refractivity contribution in [2.45, 2.75) is 245 Å². The minimum atomic E-state index is -0.804. The summed E-state index contributed by atoms with van der Waals surface area (Å²) in [6.45, 7) is 6.41. The standard InChI is InChI=1S/C57H96O6/c1-4-7-10-13-16-19-22-25-26-27-28-29-30-33-35-38-41-44-47-50-56(59)62-53-54(63-57(60)51-48-45-42-39-36-32-24-21-18-15-12-9-6-3)52-61-55(58)49-46-43-40-37-34-31-23-20-17-14-11-8-5-2/h9,12,15-16,18-19,21-22,24-25,31-32,34,36,54H,4-8,10-11,13-14,17,20,23,26-30,33,35,37-53H2,1-3H3/b12-9+,18-15+,19-16+,24-21+,25-22+,34-31+,36-32+. The summed E-state index contributed by atoms with van der Waals surface area (Å²) in [4.78, 5) is 38.0. The summed E-state index contributed by atoms with van der Waals surface area (Å²) in [7, 11) is 0. The van der Waals surface area contributed by atoms with E-state index in [4.69, 9.17) is 14.2 Å². The van der Waals surface area contributed by atoms with E-state index >= 15 is 0 Å². The Morgan fingerprint density at radius 3 is 1.08 bits per heavy atom. The predicted molar refractivity (Wildman–Crippen MR) is 270 cm³/mol. The lowest BCUT2D eigenvalue weighted by atomic mass is 10.1. The Bertz CT molecular complexity index is 1240. The largest absolute Gasteiger partial charge is 0.462 e. The Kier molecular flexibility index (Phi) is 48.5. The molecule has 0 radical (unpaired) electrons. The van der Waals surface area contributed by atoms with E-state index < -0.39 is 6.10 Å². The van der Waals surface area contributed by atoms with Crippen LogP contribution in [0.15, 0.2) is 85.1 Å². The van der Waals surface area contributed by atoms with Gasteiger partial charge in [0.25, 0.3) is 0 Å².